The lowest BCUT2D eigenvalue weighted by Crippen LogP contribution is -2.11. The van der Waals surface area contributed by atoms with Crippen molar-refractivity contribution in [1.29, 1.82) is 0 Å². The second-order valence-corrected chi connectivity index (χ2v) is 13.3. The second-order valence-electron chi connectivity index (χ2n) is 13.3. The van der Waals surface area contributed by atoms with E-state index in [1.807, 2.05) is 0 Å². The van der Waals surface area contributed by atoms with E-state index in [-0.39, 0.29) is 11.8 Å². The molecule has 4 rings (SSSR count). The smallest absolute Gasteiger partial charge is 0.434 e. The lowest BCUT2D eigenvalue weighted by molar-refractivity contribution is 0.0527. The van der Waals surface area contributed by atoms with Gasteiger partial charge in [-0.3, -0.25) is 0 Å². The van der Waals surface area contributed by atoms with Gasteiger partial charge < -0.3 is 9.47 Å². The Balaban J connectivity index is 1.22. The van der Waals surface area contributed by atoms with E-state index < -0.39 is 6.16 Å². The van der Waals surface area contributed by atoms with Crippen LogP contribution in [-0.4, -0.2) is 19.4 Å². The zero-order valence-electron chi connectivity index (χ0n) is 29.6. The summed E-state index contributed by atoms with van der Waals surface area (Å²) in [5.74, 6) is 0.537. The molecule has 2 atom stereocenters. The molecule has 3 heteroatoms. The Labute approximate surface area is 291 Å². The molecule has 0 aliphatic rings. The summed E-state index contributed by atoms with van der Waals surface area (Å²) in [5.41, 5.74) is 8.05. The van der Waals surface area contributed by atoms with Crippen LogP contribution in [0.2, 0.25) is 0 Å². The molecule has 0 aromatic heterocycles. The van der Waals surface area contributed by atoms with Gasteiger partial charge in [0, 0.05) is 11.8 Å². The summed E-state index contributed by atoms with van der Waals surface area (Å²) in [4.78, 5) is 12.5. The van der Waals surface area contributed by atoms with Crippen molar-refractivity contribution in [3.63, 3.8) is 0 Å². The number of carbonyl (C=O) groups is 1. The number of rotatable bonds is 22. The minimum atomic E-state index is -0.567. The van der Waals surface area contributed by atoms with Gasteiger partial charge in [-0.1, -0.05) is 162 Å². The average Bonchev–Trinajstić information content (AvgIpc) is 3.13. The zero-order chi connectivity index (χ0) is 33.7. The number of unbranched alkanes of at least 4 members (excludes halogenated alkanes) is 6. The molecule has 4 aromatic rings. The third kappa shape index (κ3) is 13.0. The van der Waals surface area contributed by atoms with Gasteiger partial charge in [0.1, 0.15) is 0 Å². The van der Waals surface area contributed by atoms with Crippen molar-refractivity contribution < 1.29 is 14.3 Å². The number of aryl methyl sites for hydroxylation is 2. The molecular formula is C45H58O3. The summed E-state index contributed by atoms with van der Waals surface area (Å²) in [7, 11) is 0. The predicted molar refractivity (Wildman–Crippen MR) is 201 cm³/mol. The zero-order valence-corrected chi connectivity index (χ0v) is 29.6. The first kappa shape index (κ1) is 37.0. The second kappa shape index (κ2) is 21.9. The first-order chi connectivity index (χ1) is 23.7. The fourth-order valence-electron chi connectivity index (χ4n) is 6.69. The van der Waals surface area contributed by atoms with Crippen LogP contribution < -0.4 is 0 Å². The topological polar surface area (TPSA) is 35.5 Å². The van der Waals surface area contributed by atoms with Gasteiger partial charge in [0.05, 0.1) is 13.2 Å². The molecule has 0 N–H and O–H groups in total. The summed E-state index contributed by atoms with van der Waals surface area (Å²) in [6.07, 6.45) is 15.4. The van der Waals surface area contributed by atoms with E-state index in [1.54, 1.807) is 0 Å². The average molecular weight is 647 g/mol. The first-order valence-electron chi connectivity index (χ1n) is 18.7. The van der Waals surface area contributed by atoms with Gasteiger partial charge in [0.2, 0.25) is 0 Å². The highest BCUT2D eigenvalue weighted by Crippen LogP contribution is 2.31. The summed E-state index contributed by atoms with van der Waals surface area (Å²) in [6.45, 7) is 5.22. The van der Waals surface area contributed by atoms with E-state index in [0.717, 1.165) is 38.5 Å². The molecule has 256 valence electrons. The van der Waals surface area contributed by atoms with Crippen LogP contribution >= 0.6 is 0 Å². The minimum absolute atomic E-state index is 0.269. The van der Waals surface area contributed by atoms with Crippen LogP contribution in [0.15, 0.2) is 109 Å². The molecule has 0 spiro atoms. The van der Waals surface area contributed by atoms with Gasteiger partial charge in [-0.25, -0.2) is 4.79 Å². The lowest BCUT2D eigenvalue weighted by atomic mass is 9.87. The largest absolute Gasteiger partial charge is 0.508 e. The molecule has 48 heavy (non-hydrogen) atoms. The van der Waals surface area contributed by atoms with Crippen LogP contribution in [0.25, 0.3) is 0 Å². The number of ether oxygens (including phenoxy) is 2. The van der Waals surface area contributed by atoms with E-state index >= 15 is 0 Å². The summed E-state index contributed by atoms with van der Waals surface area (Å²) >= 11 is 0. The minimum Gasteiger partial charge on any atom is -0.434 e. The Morgan fingerprint density at radius 1 is 0.458 bits per heavy atom. The molecule has 0 radical (unpaired) electrons. The van der Waals surface area contributed by atoms with E-state index in [0.29, 0.717) is 13.2 Å². The Morgan fingerprint density at radius 3 is 1.21 bits per heavy atom. The molecule has 0 fully saturated rings. The van der Waals surface area contributed by atoms with Crippen LogP contribution in [0.1, 0.15) is 136 Å². The summed E-state index contributed by atoms with van der Waals surface area (Å²) in [6, 6.07) is 39.6. The van der Waals surface area contributed by atoms with Crippen molar-refractivity contribution in [1.82, 2.24) is 0 Å². The third-order valence-electron chi connectivity index (χ3n) is 9.52. The quantitative estimate of drug-likeness (QED) is 0.0629. The Hall–Kier alpha value is -3.85. The first-order valence-corrected chi connectivity index (χ1v) is 18.7. The Kier molecular flexibility index (Phi) is 16.9. The molecular weight excluding hydrogens is 588 g/mol. The fraction of sp³-hybridized carbons (Fsp3) is 0.444. The molecule has 0 saturated carbocycles. The van der Waals surface area contributed by atoms with Crippen LogP contribution in [0.4, 0.5) is 4.79 Å². The highest BCUT2D eigenvalue weighted by molar-refractivity contribution is 5.59. The number of hydrogen-bond acceptors (Lipinski definition) is 3. The Bertz CT molecular complexity index is 1290. The molecule has 0 saturated heterocycles. The molecule has 2 unspecified atom stereocenters. The van der Waals surface area contributed by atoms with E-state index in [4.69, 9.17) is 9.47 Å². The fourth-order valence-corrected chi connectivity index (χ4v) is 6.69. The number of carbonyl (C=O) groups excluding carboxylic acids is 1. The monoisotopic (exact) mass is 646 g/mol. The SMILES string of the molecule is CCCCCCc1ccc(C(CCCOC(=O)OCCCC(c2ccccc2)c2ccc(CCCCCC)cc2)c2ccccc2)cc1. The van der Waals surface area contributed by atoms with Crippen molar-refractivity contribution in [2.24, 2.45) is 0 Å². The van der Waals surface area contributed by atoms with E-state index in [9.17, 15) is 4.79 Å². The molecule has 0 aliphatic carbocycles. The highest BCUT2D eigenvalue weighted by atomic mass is 16.7. The van der Waals surface area contributed by atoms with Gasteiger partial charge in [-0.05, 0) is 84.7 Å². The van der Waals surface area contributed by atoms with Gasteiger partial charge in [0.25, 0.3) is 0 Å². The molecule has 0 heterocycles. The third-order valence-corrected chi connectivity index (χ3v) is 9.52. The van der Waals surface area contributed by atoms with Crippen LogP contribution in [0.5, 0.6) is 0 Å². The van der Waals surface area contributed by atoms with Crippen molar-refractivity contribution >= 4 is 6.16 Å². The predicted octanol–water partition coefficient (Wildman–Crippen LogP) is 12.6. The maximum atomic E-state index is 12.5. The Morgan fingerprint density at radius 2 is 0.833 bits per heavy atom. The van der Waals surface area contributed by atoms with Crippen molar-refractivity contribution in [3.05, 3.63) is 143 Å². The lowest BCUT2D eigenvalue weighted by Gasteiger charge is -2.19. The summed E-state index contributed by atoms with van der Waals surface area (Å²) < 4.78 is 11.0. The summed E-state index contributed by atoms with van der Waals surface area (Å²) in [5, 5.41) is 0. The van der Waals surface area contributed by atoms with Crippen molar-refractivity contribution in [2.45, 2.75) is 116 Å². The molecule has 0 bridgehead atoms. The van der Waals surface area contributed by atoms with Crippen LogP contribution in [0.3, 0.4) is 0 Å². The molecule has 0 aliphatic heterocycles. The maximum Gasteiger partial charge on any atom is 0.508 e. The maximum absolute atomic E-state index is 12.5. The molecule has 3 nitrogen and oxygen atoms in total. The standard InChI is InChI=1S/C45H58O3/c1-3-5-7-11-19-37-27-31-41(32-28-37)43(39-21-13-9-14-22-39)25-17-35-47-45(46)48-36-18-26-44(40-23-15-10-16-24-40)42-33-29-38(30-34-42)20-12-8-6-4-2/h9-10,13-16,21-24,27-34,43-44H,3-8,11-12,17-20,25-26,35-36H2,1-2H3. The highest BCUT2D eigenvalue weighted by Gasteiger charge is 2.16. The van der Waals surface area contributed by atoms with E-state index in [2.05, 4.69) is 123 Å². The van der Waals surface area contributed by atoms with Gasteiger partial charge in [-0.15, -0.1) is 0 Å². The van der Waals surface area contributed by atoms with Crippen molar-refractivity contribution in [3.8, 4) is 0 Å². The van der Waals surface area contributed by atoms with Crippen molar-refractivity contribution in [2.75, 3.05) is 13.2 Å². The van der Waals surface area contributed by atoms with Gasteiger partial charge in [-0.2, -0.15) is 0 Å². The van der Waals surface area contributed by atoms with Crippen LogP contribution in [0, 0.1) is 0 Å². The van der Waals surface area contributed by atoms with Gasteiger partial charge in [0.15, 0.2) is 0 Å². The van der Waals surface area contributed by atoms with E-state index in [1.165, 1.54) is 84.7 Å². The molecule has 4 aromatic carbocycles. The normalized spacial score (nSPS) is 12.4. The number of benzene rings is 4. The van der Waals surface area contributed by atoms with Crippen LogP contribution in [-0.2, 0) is 22.3 Å². The molecule has 0 amide bonds. The van der Waals surface area contributed by atoms with Gasteiger partial charge >= 0.3 is 6.16 Å². The number of hydrogen-bond donors (Lipinski definition) is 0.